The maximum absolute atomic E-state index is 12.2. The van der Waals surface area contributed by atoms with Crippen LogP contribution in [0.15, 0.2) is 0 Å². The number of piperazine rings is 1. The van der Waals surface area contributed by atoms with Gasteiger partial charge in [-0.25, -0.2) is 0 Å². The molecule has 1 aliphatic rings. The number of unbranched alkanes of at least 4 members (excludes halogenated alkanes) is 1. The molecule has 1 aliphatic heterocycles. The lowest BCUT2D eigenvalue weighted by Crippen LogP contribution is -2.53. The highest BCUT2D eigenvalue weighted by molar-refractivity contribution is 5.81. The summed E-state index contributed by atoms with van der Waals surface area (Å²) < 4.78 is 0. The van der Waals surface area contributed by atoms with Gasteiger partial charge in [-0.15, -0.1) is 0 Å². The standard InChI is InChI=1S/C15H31N3O/c1-4-5-6-14(16)15(19)18-11-9-17(10-12-18)8-7-13(2)3/h13-14H,4-12,16H2,1-3H3/t14-/m0/s1. The van der Waals surface area contributed by atoms with Crippen LogP contribution in [0.4, 0.5) is 0 Å². The van der Waals surface area contributed by atoms with Crippen LogP contribution in [0.3, 0.4) is 0 Å². The molecule has 0 aromatic heterocycles. The maximum Gasteiger partial charge on any atom is 0.239 e. The third kappa shape index (κ3) is 5.91. The monoisotopic (exact) mass is 269 g/mol. The molecular weight excluding hydrogens is 238 g/mol. The van der Waals surface area contributed by atoms with Gasteiger partial charge in [0.25, 0.3) is 0 Å². The highest BCUT2D eigenvalue weighted by Crippen LogP contribution is 2.09. The second-order valence-corrected chi connectivity index (χ2v) is 6.10. The van der Waals surface area contributed by atoms with E-state index in [1.165, 1.54) is 6.42 Å². The smallest absolute Gasteiger partial charge is 0.239 e. The highest BCUT2D eigenvalue weighted by Gasteiger charge is 2.24. The van der Waals surface area contributed by atoms with Crippen LogP contribution in [0.1, 0.15) is 46.5 Å². The van der Waals surface area contributed by atoms with Gasteiger partial charge in [0.1, 0.15) is 0 Å². The number of amides is 1. The Hall–Kier alpha value is -0.610. The summed E-state index contributed by atoms with van der Waals surface area (Å²) in [4.78, 5) is 16.6. The van der Waals surface area contributed by atoms with E-state index in [1.807, 2.05) is 4.90 Å². The lowest BCUT2D eigenvalue weighted by atomic mass is 10.1. The largest absolute Gasteiger partial charge is 0.339 e. The normalized spacial score (nSPS) is 18.9. The summed E-state index contributed by atoms with van der Waals surface area (Å²) in [7, 11) is 0. The fourth-order valence-corrected chi connectivity index (χ4v) is 2.41. The van der Waals surface area contributed by atoms with Crippen molar-refractivity contribution in [3.05, 3.63) is 0 Å². The fourth-order valence-electron chi connectivity index (χ4n) is 2.41. The van der Waals surface area contributed by atoms with Crippen molar-refractivity contribution in [1.82, 2.24) is 9.80 Å². The number of hydrogen-bond donors (Lipinski definition) is 1. The zero-order valence-electron chi connectivity index (χ0n) is 12.9. The van der Waals surface area contributed by atoms with Crippen molar-refractivity contribution in [2.75, 3.05) is 32.7 Å². The predicted octanol–water partition coefficient (Wildman–Crippen LogP) is 1.69. The number of nitrogens with two attached hydrogens (primary N) is 1. The van der Waals surface area contributed by atoms with Gasteiger partial charge in [-0.1, -0.05) is 33.6 Å². The number of rotatable bonds is 7. The van der Waals surface area contributed by atoms with E-state index < -0.39 is 0 Å². The Morgan fingerprint density at radius 2 is 1.79 bits per heavy atom. The molecule has 112 valence electrons. The van der Waals surface area contributed by atoms with Crippen LogP contribution < -0.4 is 5.73 Å². The van der Waals surface area contributed by atoms with Gasteiger partial charge >= 0.3 is 0 Å². The first kappa shape index (κ1) is 16.4. The summed E-state index contributed by atoms with van der Waals surface area (Å²) in [6.45, 7) is 11.5. The van der Waals surface area contributed by atoms with Gasteiger partial charge < -0.3 is 10.6 Å². The Balaban J connectivity index is 2.26. The Labute approximate surface area is 118 Å². The third-order valence-electron chi connectivity index (χ3n) is 3.89. The highest BCUT2D eigenvalue weighted by atomic mass is 16.2. The SMILES string of the molecule is CCCC[C@H](N)C(=O)N1CCN(CCC(C)C)CC1. The van der Waals surface area contributed by atoms with Crippen LogP contribution in [0.5, 0.6) is 0 Å². The lowest BCUT2D eigenvalue weighted by molar-refractivity contribution is -0.134. The molecule has 2 N–H and O–H groups in total. The van der Waals surface area contributed by atoms with Crippen LogP contribution in [-0.2, 0) is 4.79 Å². The van der Waals surface area contributed by atoms with Gasteiger partial charge in [0.05, 0.1) is 6.04 Å². The van der Waals surface area contributed by atoms with E-state index in [0.29, 0.717) is 0 Å². The van der Waals surface area contributed by atoms with E-state index >= 15 is 0 Å². The predicted molar refractivity (Wildman–Crippen MR) is 80.0 cm³/mol. The van der Waals surface area contributed by atoms with Gasteiger partial charge in [-0.2, -0.15) is 0 Å². The molecule has 0 aliphatic carbocycles. The summed E-state index contributed by atoms with van der Waals surface area (Å²) in [6, 6.07) is -0.290. The van der Waals surface area contributed by atoms with Crippen molar-refractivity contribution >= 4 is 5.91 Å². The molecule has 0 aromatic rings. The third-order valence-corrected chi connectivity index (χ3v) is 3.89. The van der Waals surface area contributed by atoms with Crippen molar-refractivity contribution in [3.8, 4) is 0 Å². The molecule has 1 rings (SSSR count). The molecule has 19 heavy (non-hydrogen) atoms. The molecule has 0 saturated carbocycles. The molecule has 1 atom stereocenters. The minimum absolute atomic E-state index is 0.150. The van der Waals surface area contributed by atoms with Gasteiger partial charge in [-0.05, 0) is 25.3 Å². The molecule has 1 heterocycles. The van der Waals surface area contributed by atoms with Gasteiger partial charge in [-0.3, -0.25) is 9.69 Å². The molecule has 0 spiro atoms. The first-order chi connectivity index (χ1) is 9.04. The van der Waals surface area contributed by atoms with E-state index in [1.54, 1.807) is 0 Å². The van der Waals surface area contributed by atoms with Crippen molar-refractivity contribution < 1.29 is 4.79 Å². The lowest BCUT2D eigenvalue weighted by Gasteiger charge is -2.36. The average molecular weight is 269 g/mol. The summed E-state index contributed by atoms with van der Waals surface area (Å²) in [5.74, 6) is 0.902. The van der Waals surface area contributed by atoms with Crippen molar-refractivity contribution in [3.63, 3.8) is 0 Å². The molecule has 1 saturated heterocycles. The summed E-state index contributed by atoms with van der Waals surface area (Å²) >= 11 is 0. The zero-order chi connectivity index (χ0) is 14.3. The molecular formula is C15H31N3O. The van der Waals surface area contributed by atoms with Crippen molar-refractivity contribution in [2.24, 2.45) is 11.7 Å². The number of carbonyl (C=O) groups excluding carboxylic acids is 1. The van der Waals surface area contributed by atoms with E-state index in [9.17, 15) is 4.79 Å². The van der Waals surface area contributed by atoms with Crippen LogP contribution in [0.2, 0.25) is 0 Å². The Bertz CT molecular complexity index is 260. The maximum atomic E-state index is 12.2. The zero-order valence-corrected chi connectivity index (χ0v) is 12.9. The quantitative estimate of drug-likeness (QED) is 0.765. The minimum atomic E-state index is -0.290. The molecule has 4 nitrogen and oxygen atoms in total. The van der Waals surface area contributed by atoms with Gasteiger partial charge in [0.15, 0.2) is 0 Å². The van der Waals surface area contributed by atoms with Crippen LogP contribution in [0, 0.1) is 5.92 Å². The molecule has 4 heteroatoms. The van der Waals surface area contributed by atoms with Gasteiger partial charge in [0, 0.05) is 26.2 Å². The van der Waals surface area contributed by atoms with E-state index in [4.69, 9.17) is 5.73 Å². The summed E-state index contributed by atoms with van der Waals surface area (Å²) in [6.07, 6.45) is 4.21. The first-order valence-corrected chi connectivity index (χ1v) is 7.81. The Morgan fingerprint density at radius 1 is 1.16 bits per heavy atom. The van der Waals surface area contributed by atoms with Crippen LogP contribution in [0.25, 0.3) is 0 Å². The van der Waals surface area contributed by atoms with Gasteiger partial charge in [0.2, 0.25) is 5.91 Å². The second kappa shape index (κ2) is 8.54. The second-order valence-electron chi connectivity index (χ2n) is 6.10. The van der Waals surface area contributed by atoms with Crippen molar-refractivity contribution in [2.45, 2.75) is 52.5 Å². The number of nitrogens with zero attached hydrogens (tertiary/aromatic N) is 2. The topological polar surface area (TPSA) is 49.6 Å². The van der Waals surface area contributed by atoms with Crippen LogP contribution >= 0.6 is 0 Å². The molecule has 0 radical (unpaired) electrons. The van der Waals surface area contributed by atoms with E-state index in [0.717, 1.165) is 57.9 Å². The van der Waals surface area contributed by atoms with Crippen LogP contribution in [-0.4, -0.2) is 54.5 Å². The van der Waals surface area contributed by atoms with E-state index in [-0.39, 0.29) is 11.9 Å². The van der Waals surface area contributed by atoms with Crippen molar-refractivity contribution in [1.29, 1.82) is 0 Å². The Morgan fingerprint density at radius 3 is 2.32 bits per heavy atom. The Kier molecular flexibility index (Phi) is 7.39. The summed E-state index contributed by atoms with van der Waals surface area (Å²) in [5, 5.41) is 0. The summed E-state index contributed by atoms with van der Waals surface area (Å²) in [5.41, 5.74) is 5.96. The first-order valence-electron chi connectivity index (χ1n) is 7.81. The molecule has 1 fully saturated rings. The molecule has 0 unspecified atom stereocenters. The van der Waals surface area contributed by atoms with E-state index in [2.05, 4.69) is 25.7 Å². The molecule has 0 aromatic carbocycles. The fraction of sp³-hybridized carbons (Fsp3) is 0.933. The molecule has 0 bridgehead atoms. The number of hydrogen-bond acceptors (Lipinski definition) is 3. The minimum Gasteiger partial charge on any atom is -0.339 e. The molecule has 1 amide bonds. The average Bonchev–Trinajstić information content (AvgIpc) is 2.42. The number of carbonyl (C=O) groups is 1.